The first kappa shape index (κ1) is 7.75. The molecule has 1 unspecified atom stereocenters. The van der Waals surface area contributed by atoms with Crippen molar-refractivity contribution in [2.24, 2.45) is 5.73 Å². The van der Waals surface area contributed by atoms with Gasteiger partial charge in [0.15, 0.2) is 0 Å². The molecule has 3 nitrogen and oxygen atoms in total. The molecule has 0 spiro atoms. The first-order valence-electron chi connectivity index (χ1n) is 3.25. The Morgan fingerprint density at radius 1 is 1.36 bits per heavy atom. The number of hydrogen-bond donors (Lipinski definition) is 2. The highest BCUT2D eigenvalue weighted by Crippen LogP contribution is 2.08. The Bertz CT molecular complexity index is 246. The SMILES string of the molecule is NC(c1ccccc1)[14C](=O)O. The molecule has 3 N–H and O–H groups in total. The number of carbonyl (C=O) groups is 1. The Morgan fingerprint density at radius 2 is 1.91 bits per heavy atom. The minimum atomic E-state index is -1.00. The van der Waals surface area contributed by atoms with E-state index < -0.39 is 12.0 Å². The maximum Gasteiger partial charge on any atom is 0.325 e. The standard InChI is InChI=1S/C8H9NO2/c9-7(8(10)11)6-4-2-1-3-5-6/h1-5,7H,9H2,(H,10,11)/i8+2. The smallest absolute Gasteiger partial charge is 0.325 e. The van der Waals surface area contributed by atoms with E-state index in [1.807, 2.05) is 6.07 Å². The summed E-state index contributed by atoms with van der Waals surface area (Å²) in [5, 5.41) is 8.51. The van der Waals surface area contributed by atoms with Crippen LogP contribution in [-0.4, -0.2) is 11.1 Å². The van der Waals surface area contributed by atoms with Gasteiger partial charge in [0.05, 0.1) is 0 Å². The molecule has 0 heterocycles. The van der Waals surface area contributed by atoms with Crippen molar-refractivity contribution in [3.05, 3.63) is 35.9 Å². The van der Waals surface area contributed by atoms with Gasteiger partial charge in [-0.05, 0) is 5.56 Å². The zero-order valence-electron chi connectivity index (χ0n) is 5.90. The van der Waals surface area contributed by atoms with Crippen molar-refractivity contribution >= 4 is 5.97 Å². The molecule has 3 heteroatoms. The van der Waals surface area contributed by atoms with Crippen molar-refractivity contribution in [2.45, 2.75) is 6.04 Å². The lowest BCUT2D eigenvalue weighted by molar-refractivity contribution is -0.138. The summed E-state index contributed by atoms with van der Waals surface area (Å²) < 4.78 is 0. The molecular weight excluding hydrogens is 144 g/mol. The maximum absolute atomic E-state index is 10.4. The summed E-state index contributed by atoms with van der Waals surface area (Å²) in [4.78, 5) is 10.4. The van der Waals surface area contributed by atoms with Crippen LogP contribution < -0.4 is 5.73 Å². The summed E-state index contributed by atoms with van der Waals surface area (Å²) >= 11 is 0. The monoisotopic (exact) mass is 153 g/mol. The van der Waals surface area contributed by atoms with Gasteiger partial charge in [0, 0.05) is 0 Å². The molecule has 0 aliphatic rings. The van der Waals surface area contributed by atoms with Crippen molar-refractivity contribution in [3.63, 3.8) is 0 Å². The minimum absolute atomic E-state index is 0.625. The zero-order valence-corrected chi connectivity index (χ0v) is 5.90. The fourth-order valence-electron chi connectivity index (χ4n) is 0.803. The highest BCUT2D eigenvalue weighted by atomic mass is 16.6. The third-order valence-electron chi connectivity index (χ3n) is 1.42. The number of benzene rings is 1. The fraction of sp³-hybridized carbons (Fsp3) is 0.125. The topological polar surface area (TPSA) is 63.3 Å². The minimum Gasteiger partial charge on any atom is -0.480 e. The third-order valence-corrected chi connectivity index (χ3v) is 1.42. The average Bonchev–Trinajstić information content (AvgIpc) is 2.05. The molecule has 11 heavy (non-hydrogen) atoms. The van der Waals surface area contributed by atoms with E-state index in [2.05, 4.69) is 0 Å². The lowest BCUT2D eigenvalue weighted by Gasteiger charge is -2.04. The van der Waals surface area contributed by atoms with Crippen LogP contribution in [0, 0.1) is 0 Å². The molecule has 0 radical (unpaired) electrons. The first-order chi connectivity index (χ1) is 5.22. The largest absolute Gasteiger partial charge is 0.480 e. The molecule has 1 aromatic carbocycles. The van der Waals surface area contributed by atoms with Crippen LogP contribution in [-0.2, 0) is 4.79 Å². The highest BCUT2D eigenvalue weighted by molar-refractivity contribution is 5.75. The lowest BCUT2D eigenvalue weighted by Crippen LogP contribution is -2.20. The van der Waals surface area contributed by atoms with E-state index in [1.165, 1.54) is 0 Å². The van der Waals surface area contributed by atoms with E-state index in [-0.39, 0.29) is 0 Å². The van der Waals surface area contributed by atoms with E-state index in [0.29, 0.717) is 5.56 Å². The van der Waals surface area contributed by atoms with Gasteiger partial charge in [0.25, 0.3) is 0 Å². The van der Waals surface area contributed by atoms with Gasteiger partial charge in [-0.15, -0.1) is 0 Å². The number of nitrogens with two attached hydrogens (primary N) is 1. The number of rotatable bonds is 2. The maximum atomic E-state index is 10.4. The highest BCUT2D eigenvalue weighted by Gasteiger charge is 2.12. The van der Waals surface area contributed by atoms with Crippen LogP contribution in [0.2, 0.25) is 0 Å². The lowest BCUT2D eigenvalue weighted by atomic mass is 10.2. The van der Waals surface area contributed by atoms with Gasteiger partial charge < -0.3 is 10.8 Å². The van der Waals surface area contributed by atoms with Crippen LogP contribution in [0.1, 0.15) is 11.6 Å². The van der Waals surface area contributed by atoms with Crippen molar-refractivity contribution in [1.82, 2.24) is 0 Å². The van der Waals surface area contributed by atoms with Crippen molar-refractivity contribution in [1.29, 1.82) is 0 Å². The van der Waals surface area contributed by atoms with Crippen molar-refractivity contribution in [3.8, 4) is 0 Å². The van der Waals surface area contributed by atoms with Crippen LogP contribution in [0.4, 0.5) is 0 Å². The fourth-order valence-corrected chi connectivity index (χ4v) is 0.803. The van der Waals surface area contributed by atoms with E-state index >= 15 is 0 Å². The molecule has 58 valence electrons. The quantitative estimate of drug-likeness (QED) is 0.659. The predicted octanol–water partition coefficient (Wildman–Crippen LogP) is 0.771. The number of carboxylic acids is 1. The van der Waals surface area contributed by atoms with E-state index in [1.54, 1.807) is 24.3 Å². The van der Waals surface area contributed by atoms with Gasteiger partial charge in [0.2, 0.25) is 0 Å². The van der Waals surface area contributed by atoms with E-state index in [0.717, 1.165) is 0 Å². The summed E-state index contributed by atoms with van der Waals surface area (Å²) in [6.45, 7) is 0. The molecular formula is C8H9NO2. The normalized spacial score (nSPS) is 12.5. The predicted molar refractivity (Wildman–Crippen MR) is 41.0 cm³/mol. The summed E-state index contributed by atoms with van der Waals surface area (Å²) in [5.74, 6) is -1.00. The summed E-state index contributed by atoms with van der Waals surface area (Å²) in [6.07, 6.45) is 0. The molecule has 0 fully saturated rings. The average molecular weight is 153 g/mol. The Labute approximate surface area is 64.5 Å². The molecule has 1 atom stereocenters. The molecule has 1 aromatic rings. The molecule has 0 aromatic heterocycles. The van der Waals surface area contributed by atoms with Crippen molar-refractivity contribution in [2.75, 3.05) is 0 Å². The summed E-state index contributed by atoms with van der Waals surface area (Å²) in [6, 6.07) is 7.82. The Kier molecular flexibility index (Phi) is 2.23. The molecule has 0 amide bonds. The van der Waals surface area contributed by atoms with Crippen LogP contribution in [0.5, 0.6) is 0 Å². The van der Waals surface area contributed by atoms with Crippen molar-refractivity contribution < 1.29 is 9.90 Å². The van der Waals surface area contributed by atoms with Gasteiger partial charge in [-0.25, -0.2) is 0 Å². The Morgan fingerprint density at radius 3 is 2.36 bits per heavy atom. The van der Waals surface area contributed by atoms with Gasteiger partial charge in [0.1, 0.15) is 6.04 Å². The van der Waals surface area contributed by atoms with Crippen LogP contribution in [0.25, 0.3) is 0 Å². The Balaban J connectivity index is 2.85. The molecule has 0 saturated carbocycles. The zero-order chi connectivity index (χ0) is 8.27. The van der Waals surface area contributed by atoms with Gasteiger partial charge >= 0.3 is 5.97 Å². The van der Waals surface area contributed by atoms with Crippen LogP contribution in [0.15, 0.2) is 30.3 Å². The van der Waals surface area contributed by atoms with Crippen LogP contribution >= 0.6 is 0 Å². The second kappa shape index (κ2) is 3.16. The van der Waals surface area contributed by atoms with E-state index in [4.69, 9.17) is 10.8 Å². The third kappa shape index (κ3) is 1.78. The van der Waals surface area contributed by atoms with Gasteiger partial charge in [-0.2, -0.15) is 0 Å². The van der Waals surface area contributed by atoms with Gasteiger partial charge in [-0.3, -0.25) is 4.79 Å². The molecule has 0 bridgehead atoms. The van der Waals surface area contributed by atoms with E-state index in [9.17, 15) is 4.79 Å². The number of hydrogen-bond acceptors (Lipinski definition) is 2. The first-order valence-corrected chi connectivity index (χ1v) is 3.25. The molecule has 1 rings (SSSR count). The summed E-state index contributed by atoms with van der Waals surface area (Å²) in [5.41, 5.74) is 5.96. The molecule has 0 saturated heterocycles. The number of aliphatic carboxylic acids is 1. The molecule has 0 aliphatic carbocycles. The number of carboxylic acid groups (broad SMARTS) is 1. The van der Waals surface area contributed by atoms with Crippen LogP contribution in [0.3, 0.4) is 0 Å². The molecule has 0 aliphatic heterocycles. The second-order valence-electron chi connectivity index (χ2n) is 2.23. The Hall–Kier alpha value is -1.35. The second-order valence-corrected chi connectivity index (χ2v) is 2.23. The summed E-state index contributed by atoms with van der Waals surface area (Å²) in [7, 11) is 0. The van der Waals surface area contributed by atoms with Gasteiger partial charge in [-0.1, -0.05) is 30.3 Å².